The number of nitrogens with one attached hydrogen (secondary N) is 1. The molecule has 0 radical (unpaired) electrons. The van der Waals surface area contributed by atoms with Crippen molar-refractivity contribution < 1.29 is 9.84 Å². The van der Waals surface area contributed by atoms with Crippen LogP contribution in [0.3, 0.4) is 0 Å². The molecule has 96 valence electrons. The molecule has 0 fully saturated rings. The van der Waals surface area contributed by atoms with Gasteiger partial charge in [-0.05, 0) is 36.7 Å². The molecule has 1 aromatic rings. The molecular formula is C13H20ClNO2. The molecule has 0 spiro atoms. The van der Waals surface area contributed by atoms with Gasteiger partial charge in [0.1, 0.15) is 18.5 Å². The van der Waals surface area contributed by atoms with Crippen LogP contribution in [0.4, 0.5) is 0 Å². The van der Waals surface area contributed by atoms with Crippen molar-refractivity contribution in [3.05, 3.63) is 29.3 Å². The minimum Gasteiger partial charge on any atom is -0.491 e. The third kappa shape index (κ3) is 6.51. The van der Waals surface area contributed by atoms with Gasteiger partial charge in [-0.25, -0.2) is 0 Å². The van der Waals surface area contributed by atoms with Crippen LogP contribution in [0.25, 0.3) is 0 Å². The number of hydrogen-bond donors (Lipinski definition) is 2. The molecule has 4 heteroatoms. The smallest absolute Gasteiger partial charge is 0.119 e. The lowest BCUT2D eigenvalue weighted by molar-refractivity contribution is 0.106. The van der Waals surface area contributed by atoms with Gasteiger partial charge >= 0.3 is 0 Å². The van der Waals surface area contributed by atoms with Crippen LogP contribution in [0.5, 0.6) is 5.75 Å². The molecule has 0 bridgehead atoms. The first-order valence-corrected chi connectivity index (χ1v) is 6.23. The number of rotatable bonds is 7. The highest BCUT2D eigenvalue weighted by Gasteiger charge is 2.05. The largest absolute Gasteiger partial charge is 0.491 e. The van der Waals surface area contributed by atoms with E-state index in [1.807, 2.05) is 0 Å². The SMILES string of the molecule is CC(C)CNCC(O)COc1ccc(Cl)cc1. The van der Waals surface area contributed by atoms with Gasteiger partial charge in [0, 0.05) is 11.6 Å². The molecule has 1 rings (SSSR count). The van der Waals surface area contributed by atoms with Crippen molar-refractivity contribution in [2.24, 2.45) is 5.92 Å². The zero-order chi connectivity index (χ0) is 12.7. The zero-order valence-corrected chi connectivity index (χ0v) is 11.1. The summed E-state index contributed by atoms with van der Waals surface area (Å²) in [5.74, 6) is 1.30. The highest BCUT2D eigenvalue weighted by atomic mass is 35.5. The van der Waals surface area contributed by atoms with Crippen molar-refractivity contribution in [1.29, 1.82) is 0 Å². The lowest BCUT2D eigenvalue weighted by Crippen LogP contribution is -2.33. The number of benzene rings is 1. The van der Waals surface area contributed by atoms with Gasteiger partial charge in [0.15, 0.2) is 0 Å². The highest BCUT2D eigenvalue weighted by molar-refractivity contribution is 6.30. The molecular weight excluding hydrogens is 238 g/mol. The normalized spacial score (nSPS) is 12.8. The molecule has 2 N–H and O–H groups in total. The molecule has 3 nitrogen and oxygen atoms in total. The van der Waals surface area contributed by atoms with Crippen LogP contribution in [0.1, 0.15) is 13.8 Å². The van der Waals surface area contributed by atoms with Gasteiger partial charge in [0.2, 0.25) is 0 Å². The Bertz CT molecular complexity index is 314. The lowest BCUT2D eigenvalue weighted by Gasteiger charge is -2.14. The van der Waals surface area contributed by atoms with Gasteiger partial charge in [-0.2, -0.15) is 0 Å². The van der Waals surface area contributed by atoms with Crippen molar-refractivity contribution in [1.82, 2.24) is 5.32 Å². The Kier molecular flexibility index (Phi) is 6.34. The second-order valence-corrected chi connectivity index (χ2v) is 4.91. The molecule has 17 heavy (non-hydrogen) atoms. The van der Waals surface area contributed by atoms with Gasteiger partial charge in [0.05, 0.1) is 0 Å². The predicted octanol–water partition coefficient (Wildman–Crippen LogP) is 2.33. The van der Waals surface area contributed by atoms with Gasteiger partial charge in [-0.1, -0.05) is 25.4 Å². The average Bonchev–Trinajstić information content (AvgIpc) is 2.28. The van der Waals surface area contributed by atoms with E-state index in [1.54, 1.807) is 24.3 Å². The lowest BCUT2D eigenvalue weighted by atomic mass is 10.2. The quantitative estimate of drug-likeness (QED) is 0.788. The summed E-state index contributed by atoms with van der Waals surface area (Å²) < 4.78 is 5.43. The highest BCUT2D eigenvalue weighted by Crippen LogP contribution is 2.15. The molecule has 0 saturated carbocycles. The summed E-state index contributed by atoms with van der Waals surface area (Å²) >= 11 is 5.76. The maximum Gasteiger partial charge on any atom is 0.119 e. The van der Waals surface area contributed by atoms with Crippen molar-refractivity contribution in [2.75, 3.05) is 19.7 Å². The van der Waals surface area contributed by atoms with Crippen LogP contribution < -0.4 is 10.1 Å². The van der Waals surface area contributed by atoms with E-state index in [0.29, 0.717) is 17.5 Å². The molecule has 0 aliphatic carbocycles. The molecule has 1 aromatic carbocycles. The van der Waals surface area contributed by atoms with E-state index < -0.39 is 6.10 Å². The third-order valence-electron chi connectivity index (χ3n) is 2.19. The maximum absolute atomic E-state index is 9.66. The van der Waals surface area contributed by atoms with Crippen LogP contribution in [0.15, 0.2) is 24.3 Å². The first-order valence-electron chi connectivity index (χ1n) is 5.85. The van der Waals surface area contributed by atoms with E-state index in [9.17, 15) is 5.11 Å². The van der Waals surface area contributed by atoms with E-state index in [4.69, 9.17) is 16.3 Å². The Hall–Kier alpha value is -0.770. The summed E-state index contributed by atoms with van der Waals surface area (Å²) in [5, 5.41) is 13.5. The zero-order valence-electron chi connectivity index (χ0n) is 10.3. The monoisotopic (exact) mass is 257 g/mol. The summed E-state index contributed by atoms with van der Waals surface area (Å²) in [7, 11) is 0. The van der Waals surface area contributed by atoms with Crippen molar-refractivity contribution in [2.45, 2.75) is 20.0 Å². The fourth-order valence-corrected chi connectivity index (χ4v) is 1.45. The first-order chi connectivity index (χ1) is 8.08. The number of ether oxygens (including phenoxy) is 1. The van der Waals surface area contributed by atoms with Crippen LogP contribution in [0.2, 0.25) is 5.02 Å². The number of aliphatic hydroxyl groups excluding tert-OH is 1. The topological polar surface area (TPSA) is 41.5 Å². The van der Waals surface area contributed by atoms with Gasteiger partial charge in [-0.15, -0.1) is 0 Å². The third-order valence-corrected chi connectivity index (χ3v) is 2.44. The van der Waals surface area contributed by atoms with E-state index >= 15 is 0 Å². The molecule has 0 aliphatic rings. The summed E-state index contributed by atoms with van der Waals surface area (Å²) in [4.78, 5) is 0. The molecule has 0 aliphatic heterocycles. The second-order valence-electron chi connectivity index (χ2n) is 4.47. The fraction of sp³-hybridized carbons (Fsp3) is 0.538. The maximum atomic E-state index is 9.66. The van der Waals surface area contributed by atoms with Crippen LogP contribution in [0, 0.1) is 5.92 Å². The minimum atomic E-state index is -0.496. The first kappa shape index (κ1) is 14.3. The summed E-state index contributed by atoms with van der Waals surface area (Å²) in [6.45, 7) is 5.99. The molecule has 0 amide bonds. The van der Waals surface area contributed by atoms with Crippen molar-refractivity contribution in [3.8, 4) is 5.75 Å². The average molecular weight is 258 g/mol. The Labute approximate surface area is 108 Å². The molecule has 0 saturated heterocycles. The number of aliphatic hydroxyl groups is 1. The summed E-state index contributed by atoms with van der Waals surface area (Å²) in [6, 6.07) is 7.10. The van der Waals surface area contributed by atoms with E-state index in [1.165, 1.54) is 0 Å². The van der Waals surface area contributed by atoms with Crippen molar-refractivity contribution >= 4 is 11.6 Å². The van der Waals surface area contributed by atoms with Crippen molar-refractivity contribution in [3.63, 3.8) is 0 Å². The fourth-order valence-electron chi connectivity index (χ4n) is 1.32. The van der Waals surface area contributed by atoms with Crippen LogP contribution in [-0.4, -0.2) is 30.9 Å². The van der Waals surface area contributed by atoms with Gasteiger partial charge in [0.25, 0.3) is 0 Å². The number of hydrogen-bond acceptors (Lipinski definition) is 3. The van der Waals surface area contributed by atoms with Crippen LogP contribution >= 0.6 is 11.6 Å². The van der Waals surface area contributed by atoms with E-state index in [0.717, 1.165) is 12.3 Å². The summed E-state index contributed by atoms with van der Waals surface area (Å²) in [6.07, 6.45) is -0.496. The Morgan fingerprint density at radius 3 is 2.47 bits per heavy atom. The standard InChI is InChI=1S/C13H20ClNO2/c1-10(2)7-15-8-12(16)9-17-13-5-3-11(14)4-6-13/h3-6,10,12,15-16H,7-9H2,1-2H3. The van der Waals surface area contributed by atoms with E-state index in [-0.39, 0.29) is 6.61 Å². The Morgan fingerprint density at radius 2 is 1.88 bits per heavy atom. The van der Waals surface area contributed by atoms with E-state index in [2.05, 4.69) is 19.2 Å². The second kappa shape index (κ2) is 7.54. The Balaban J connectivity index is 2.19. The molecule has 1 atom stereocenters. The van der Waals surface area contributed by atoms with Gasteiger partial charge < -0.3 is 15.2 Å². The van der Waals surface area contributed by atoms with Gasteiger partial charge in [-0.3, -0.25) is 0 Å². The molecule has 0 heterocycles. The number of halogens is 1. The predicted molar refractivity (Wildman–Crippen MR) is 70.7 cm³/mol. The minimum absolute atomic E-state index is 0.284. The Morgan fingerprint density at radius 1 is 1.24 bits per heavy atom. The summed E-state index contributed by atoms with van der Waals surface area (Å²) in [5.41, 5.74) is 0. The molecule has 1 unspecified atom stereocenters. The van der Waals surface area contributed by atoms with Crippen LogP contribution in [-0.2, 0) is 0 Å². The molecule has 0 aromatic heterocycles.